The molecule has 0 atom stereocenters. The molecule has 3 N–H and O–H groups in total. The third kappa shape index (κ3) is 2.04. The standard InChI is InChI=1S/C15H21N3/c1-18-14(10-17-13-3-2-4-13)8-12-7-11(9-16)5-6-15(12)18/h5-8,13,17H,2-4,9-10,16H2,1H3. The molecule has 1 heterocycles. The van der Waals surface area contributed by atoms with Crippen LogP contribution in [0.4, 0.5) is 0 Å². The summed E-state index contributed by atoms with van der Waals surface area (Å²) in [5, 5.41) is 4.92. The third-order valence-corrected chi connectivity index (χ3v) is 4.12. The van der Waals surface area contributed by atoms with E-state index in [0.29, 0.717) is 6.54 Å². The summed E-state index contributed by atoms with van der Waals surface area (Å²) in [6.07, 6.45) is 4.05. The fourth-order valence-corrected chi connectivity index (χ4v) is 2.61. The molecule has 2 aromatic rings. The van der Waals surface area contributed by atoms with Crippen LogP contribution in [0.3, 0.4) is 0 Å². The Morgan fingerprint density at radius 1 is 1.33 bits per heavy atom. The molecule has 1 saturated carbocycles. The molecule has 1 aliphatic carbocycles. The first-order valence-electron chi connectivity index (χ1n) is 6.78. The second-order valence-electron chi connectivity index (χ2n) is 5.30. The molecule has 3 nitrogen and oxygen atoms in total. The van der Waals surface area contributed by atoms with Gasteiger partial charge < -0.3 is 15.6 Å². The smallest absolute Gasteiger partial charge is 0.0480 e. The van der Waals surface area contributed by atoms with Crippen molar-refractivity contribution in [3.05, 3.63) is 35.5 Å². The van der Waals surface area contributed by atoms with Crippen LogP contribution in [0.2, 0.25) is 0 Å². The number of nitrogens with two attached hydrogens (primary N) is 1. The van der Waals surface area contributed by atoms with Crippen molar-refractivity contribution >= 4 is 10.9 Å². The highest BCUT2D eigenvalue weighted by atomic mass is 15.0. The second kappa shape index (κ2) is 4.75. The van der Waals surface area contributed by atoms with E-state index in [1.807, 2.05) is 0 Å². The number of nitrogens with zero attached hydrogens (tertiary/aromatic N) is 1. The molecule has 0 radical (unpaired) electrons. The minimum absolute atomic E-state index is 0.612. The van der Waals surface area contributed by atoms with Gasteiger partial charge in [0.15, 0.2) is 0 Å². The van der Waals surface area contributed by atoms with E-state index >= 15 is 0 Å². The van der Waals surface area contributed by atoms with Crippen molar-refractivity contribution < 1.29 is 0 Å². The molecular formula is C15H21N3. The summed E-state index contributed by atoms with van der Waals surface area (Å²) in [5.41, 5.74) is 9.53. The van der Waals surface area contributed by atoms with Gasteiger partial charge >= 0.3 is 0 Å². The first kappa shape index (κ1) is 11.8. The molecule has 0 unspecified atom stereocenters. The monoisotopic (exact) mass is 243 g/mol. The van der Waals surface area contributed by atoms with Crippen LogP contribution in [0.1, 0.15) is 30.5 Å². The van der Waals surface area contributed by atoms with Gasteiger partial charge in [0, 0.05) is 42.8 Å². The average molecular weight is 243 g/mol. The summed E-state index contributed by atoms with van der Waals surface area (Å²) in [6.45, 7) is 1.58. The number of aromatic nitrogens is 1. The molecule has 0 bridgehead atoms. The van der Waals surface area contributed by atoms with Crippen LogP contribution in [-0.2, 0) is 20.1 Å². The molecule has 1 aromatic carbocycles. The molecule has 0 aliphatic heterocycles. The van der Waals surface area contributed by atoms with Crippen molar-refractivity contribution in [2.45, 2.75) is 38.4 Å². The van der Waals surface area contributed by atoms with Gasteiger partial charge in [0.2, 0.25) is 0 Å². The third-order valence-electron chi connectivity index (χ3n) is 4.12. The Kier molecular flexibility index (Phi) is 3.10. The van der Waals surface area contributed by atoms with Gasteiger partial charge in [-0.3, -0.25) is 0 Å². The number of fused-ring (bicyclic) bond motifs is 1. The van der Waals surface area contributed by atoms with E-state index < -0.39 is 0 Å². The van der Waals surface area contributed by atoms with E-state index in [4.69, 9.17) is 5.73 Å². The minimum atomic E-state index is 0.612. The summed E-state index contributed by atoms with van der Waals surface area (Å²) in [6, 6.07) is 9.50. The van der Waals surface area contributed by atoms with Gasteiger partial charge in [-0.05, 0) is 36.6 Å². The summed E-state index contributed by atoms with van der Waals surface area (Å²) in [5.74, 6) is 0. The second-order valence-corrected chi connectivity index (χ2v) is 5.30. The SMILES string of the molecule is Cn1c(CNC2CCC2)cc2cc(CN)ccc21. The number of aryl methyl sites for hydroxylation is 1. The lowest BCUT2D eigenvalue weighted by Crippen LogP contribution is -2.34. The van der Waals surface area contributed by atoms with Gasteiger partial charge in [0.1, 0.15) is 0 Å². The van der Waals surface area contributed by atoms with Crippen molar-refractivity contribution in [1.29, 1.82) is 0 Å². The molecule has 3 heteroatoms. The van der Waals surface area contributed by atoms with Crippen molar-refractivity contribution in [2.75, 3.05) is 0 Å². The predicted molar refractivity (Wildman–Crippen MR) is 75.3 cm³/mol. The van der Waals surface area contributed by atoms with E-state index in [1.54, 1.807) is 0 Å². The lowest BCUT2D eigenvalue weighted by molar-refractivity contribution is 0.336. The fraction of sp³-hybridized carbons (Fsp3) is 0.467. The van der Waals surface area contributed by atoms with Gasteiger partial charge in [0.05, 0.1) is 0 Å². The Morgan fingerprint density at radius 3 is 2.83 bits per heavy atom. The number of benzene rings is 1. The van der Waals surface area contributed by atoms with Gasteiger partial charge in [0.25, 0.3) is 0 Å². The Morgan fingerprint density at radius 2 is 2.17 bits per heavy atom. The van der Waals surface area contributed by atoms with Crippen LogP contribution < -0.4 is 11.1 Å². The maximum Gasteiger partial charge on any atom is 0.0480 e. The first-order chi connectivity index (χ1) is 8.78. The maximum atomic E-state index is 5.69. The van der Waals surface area contributed by atoms with Gasteiger partial charge in [-0.25, -0.2) is 0 Å². The first-order valence-corrected chi connectivity index (χ1v) is 6.78. The molecule has 1 aromatic heterocycles. The zero-order valence-corrected chi connectivity index (χ0v) is 10.9. The highest BCUT2D eigenvalue weighted by molar-refractivity contribution is 5.82. The van der Waals surface area contributed by atoms with Crippen LogP contribution in [-0.4, -0.2) is 10.6 Å². The van der Waals surface area contributed by atoms with Crippen molar-refractivity contribution in [2.24, 2.45) is 12.8 Å². The molecular weight excluding hydrogens is 222 g/mol. The molecule has 1 fully saturated rings. The Hall–Kier alpha value is -1.32. The summed E-state index contributed by atoms with van der Waals surface area (Å²) in [4.78, 5) is 0. The van der Waals surface area contributed by atoms with Crippen molar-refractivity contribution in [3.8, 4) is 0 Å². The van der Waals surface area contributed by atoms with E-state index in [1.165, 1.54) is 41.4 Å². The highest BCUT2D eigenvalue weighted by Gasteiger charge is 2.17. The van der Waals surface area contributed by atoms with Crippen molar-refractivity contribution in [1.82, 2.24) is 9.88 Å². The average Bonchev–Trinajstić information content (AvgIpc) is 2.64. The lowest BCUT2D eigenvalue weighted by atomic mass is 9.93. The minimum Gasteiger partial charge on any atom is -0.346 e. The van der Waals surface area contributed by atoms with Crippen LogP contribution in [0.5, 0.6) is 0 Å². The molecule has 0 spiro atoms. The Labute approximate surface area is 108 Å². The summed E-state index contributed by atoms with van der Waals surface area (Å²) < 4.78 is 2.28. The lowest BCUT2D eigenvalue weighted by Gasteiger charge is -2.26. The zero-order chi connectivity index (χ0) is 12.5. The maximum absolute atomic E-state index is 5.69. The molecule has 0 saturated heterocycles. The highest BCUT2D eigenvalue weighted by Crippen LogP contribution is 2.22. The largest absolute Gasteiger partial charge is 0.346 e. The predicted octanol–water partition coefficient (Wildman–Crippen LogP) is 2.28. The van der Waals surface area contributed by atoms with E-state index in [-0.39, 0.29) is 0 Å². The molecule has 0 amide bonds. The molecule has 96 valence electrons. The number of nitrogens with one attached hydrogen (secondary N) is 1. The quantitative estimate of drug-likeness (QED) is 0.865. The van der Waals surface area contributed by atoms with Crippen LogP contribution in [0.15, 0.2) is 24.3 Å². The van der Waals surface area contributed by atoms with E-state index in [9.17, 15) is 0 Å². The van der Waals surface area contributed by atoms with Crippen molar-refractivity contribution in [3.63, 3.8) is 0 Å². The van der Waals surface area contributed by atoms with Gasteiger partial charge in [-0.1, -0.05) is 12.5 Å². The summed E-state index contributed by atoms with van der Waals surface area (Å²) in [7, 11) is 2.14. The Balaban J connectivity index is 1.84. The zero-order valence-electron chi connectivity index (χ0n) is 10.9. The molecule has 3 rings (SSSR count). The topological polar surface area (TPSA) is 43.0 Å². The molecule has 18 heavy (non-hydrogen) atoms. The van der Waals surface area contributed by atoms with Gasteiger partial charge in [-0.2, -0.15) is 0 Å². The Bertz CT molecular complexity index is 552. The summed E-state index contributed by atoms with van der Waals surface area (Å²) >= 11 is 0. The van der Waals surface area contributed by atoms with E-state index in [0.717, 1.165) is 12.6 Å². The van der Waals surface area contributed by atoms with E-state index in [2.05, 4.69) is 41.2 Å². The number of hydrogen-bond acceptors (Lipinski definition) is 2. The van der Waals surface area contributed by atoms with Gasteiger partial charge in [-0.15, -0.1) is 0 Å². The van der Waals surface area contributed by atoms with Crippen LogP contribution in [0.25, 0.3) is 10.9 Å². The number of rotatable bonds is 4. The fourth-order valence-electron chi connectivity index (χ4n) is 2.61. The number of hydrogen-bond donors (Lipinski definition) is 2. The molecule has 1 aliphatic rings. The van der Waals surface area contributed by atoms with Crippen LogP contribution >= 0.6 is 0 Å². The van der Waals surface area contributed by atoms with Crippen LogP contribution in [0, 0.1) is 0 Å². The normalized spacial score (nSPS) is 16.1.